The summed E-state index contributed by atoms with van der Waals surface area (Å²) in [4.78, 5) is 0.876. The summed E-state index contributed by atoms with van der Waals surface area (Å²) in [6, 6.07) is 12.1. The third-order valence-corrected chi connectivity index (χ3v) is 4.16. The normalized spacial score (nSPS) is 14.3. The van der Waals surface area contributed by atoms with Crippen LogP contribution in [-0.2, 0) is 0 Å². The minimum Gasteiger partial charge on any atom is -0.454 e. The number of hydrogen-bond donors (Lipinski definition) is 1. The summed E-state index contributed by atoms with van der Waals surface area (Å²) in [5.41, 5.74) is 7.15. The highest BCUT2D eigenvalue weighted by atomic mass is 32.2. The summed E-state index contributed by atoms with van der Waals surface area (Å²) in [5.74, 6) is 1.92. The Morgan fingerprint density at radius 3 is 2.85 bits per heavy atom. The Morgan fingerprint density at radius 2 is 2.00 bits per heavy atom. The van der Waals surface area contributed by atoms with Gasteiger partial charge in [0.05, 0.1) is 0 Å². The molecule has 1 aliphatic heterocycles. The molecule has 1 atom stereocenters. The molecule has 0 aliphatic carbocycles. The third kappa shape index (κ3) is 2.89. The summed E-state index contributed by atoms with van der Waals surface area (Å²) in [5, 5.41) is 0. The molecule has 0 amide bonds. The number of benzene rings is 2. The maximum absolute atomic E-state index is 13.1. The van der Waals surface area contributed by atoms with E-state index in [0.29, 0.717) is 5.75 Å². The molecule has 2 aromatic rings. The molecule has 104 valence electrons. The van der Waals surface area contributed by atoms with Gasteiger partial charge in [-0.25, -0.2) is 4.39 Å². The highest BCUT2D eigenvalue weighted by molar-refractivity contribution is 7.99. The fraction of sp³-hybridized carbons (Fsp3) is 0.200. The van der Waals surface area contributed by atoms with E-state index in [2.05, 4.69) is 0 Å². The van der Waals surface area contributed by atoms with Gasteiger partial charge in [-0.05, 0) is 35.9 Å². The zero-order valence-corrected chi connectivity index (χ0v) is 11.5. The van der Waals surface area contributed by atoms with E-state index in [4.69, 9.17) is 15.2 Å². The van der Waals surface area contributed by atoms with Crippen LogP contribution in [0.3, 0.4) is 0 Å². The van der Waals surface area contributed by atoms with Crippen LogP contribution >= 0.6 is 11.8 Å². The first-order valence-electron chi connectivity index (χ1n) is 6.26. The van der Waals surface area contributed by atoms with Crippen LogP contribution in [0, 0.1) is 5.82 Å². The smallest absolute Gasteiger partial charge is 0.231 e. The summed E-state index contributed by atoms with van der Waals surface area (Å²) >= 11 is 1.53. The number of fused-ring (bicyclic) bond motifs is 1. The number of rotatable bonds is 4. The van der Waals surface area contributed by atoms with Gasteiger partial charge in [0.1, 0.15) is 5.82 Å². The molecule has 3 nitrogen and oxygen atoms in total. The molecule has 0 saturated heterocycles. The number of ether oxygens (including phenoxy) is 2. The fourth-order valence-corrected chi connectivity index (χ4v) is 2.92. The molecular formula is C15H14FNO2S. The number of halogens is 1. The lowest BCUT2D eigenvalue weighted by molar-refractivity contribution is 0.174. The molecule has 1 heterocycles. The molecule has 3 rings (SSSR count). The second-order valence-corrected chi connectivity index (χ2v) is 5.58. The quantitative estimate of drug-likeness (QED) is 0.877. The predicted octanol–water partition coefficient (Wildman–Crippen LogP) is 3.35. The molecule has 0 saturated carbocycles. The molecule has 5 heteroatoms. The maximum Gasteiger partial charge on any atom is 0.231 e. The van der Waals surface area contributed by atoms with Crippen LogP contribution < -0.4 is 15.2 Å². The van der Waals surface area contributed by atoms with Gasteiger partial charge < -0.3 is 15.2 Å². The van der Waals surface area contributed by atoms with E-state index in [-0.39, 0.29) is 18.7 Å². The van der Waals surface area contributed by atoms with Crippen molar-refractivity contribution in [2.24, 2.45) is 5.73 Å². The van der Waals surface area contributed by atoms with Crippen molar-refractivity contribution < 1.29 is 13.9 Å². The number of thioether (sulfide) groups is 1. The van der Waals surface area contributed by atoms with Crippen LogP contribution in [-0.4, -0.2) is 12.5 Å². The van der Waals surface area contributed by atoms with Gasteiger partial charge in [-0.1, -0.05) is 12.1 Å². The zero-order valence-electron chi connectivity index (χ0n) is 10.7. The average Bonchev–Trinajstić information content (AvgIpc) is 2.92. The molecular weight excluding hydrogens is 277 g/mol. The first kappa shape index (κ1) is 13.3. The Balaban J connectivity index is 1.66. The van der Waals surface area contributed by atoms with Crippen LogP contribution in [0.5, 0.6) is 11.5 Å². The van der Waals surface area contributed by atoms with Crippen molar-refractivity contribution in [3.63, 3.8) is 0 Å². The van der Waals surface area contributed by atoms with Crippen LogP contribution in [0.25, 0.3) is 0 Å². The minimum atomic E-state index is -0.230. The fourth-order valence-electron chi connectivity index (χ4n) is 1.98. The lowest BCUT2D eigenvalue weighted by Gasteiger charge is -2.12. The lowest BCUT2D eigenvalue weighted by atomic mass is 10.1. The van der Waals surface area contributed by atoms with Crippen molar-refractivity contribution in [2.75, 3.05) is 12.5 Å². The predicted molar refractivity (Wildman–Crippen MR) is 76.6 cm³/mol. The Labute approximate surface area is 120 Å². The molecule has 0 fully saturated rings. The van der Waals surface area contributed by atoms with E-state index in [9.17, 15) is 4.39 Å². The molecule has 0 bridgehead atoms. The van der Waals surface area contributed by atoms with Gasteiger partial charge in [-0.2, -0.15) is 0 Å². The van der Waals surface area contributed by atoms with Crippen LogP contribution in [0.15, 0.2) is 47.4 Å². The van der Waals surface area contributed by atoms with E-state index >= 15 is 0 Å². The molecule has 0 aromatic heterocycles. The van der Waals surface area contributed by atoms with E-state index in [0.717, 1.165) is 22.0 Å². The summed E-state index contributed by atoms with van der Waals surface area (Å²) < 4.78 is 23.7. The van der Waals surface area contributed by atoms with E-state index in [1.807, 2.05) is 24.3 Å². The maximum atomic E-state index is 13.1. The van der Waals surface area contributed by atoms with Crippen molar-refractivity contribution in [3.05, 3.63) is 53.8 Å². The minimum absolute atomic E-state index is 0.141. The van der Waals surface area contributed by atoms with Gasteiger partial charge in [-0.15, -0.1) is 11.8 Å². The lowest BCUT2D eigenvalue weighted by Crippen LogP contribution is -2.12. The van der Waals surface area contributed by atoms with E-state index in [1.165, 1.54) is 23.9 Å². The topological polar surface area (TPSA) is 44.5 Å². The van der Waals surface area contributed by atoms with Crippen molar-refractivity contribution in [2.45, 2.75) is 10.9 Å². The standard InChI is InChI=1S/C15H14FNO2S/c16-11-2-1-3-12(7-11)20-8-13(17)10-4-5-14-15(6-10)19-9-18-14/h1-7,13H,8-9,17H2. The molecule has 0 spiro atoms. The van der Waals surface area contributed by atoms with Crippen molar-refractivity contribution in [1.29, 1.82) is 0 Å². The number of hydrogen-bond acceptors (Lipinski definition) is 4. The summed E-state index contributed by atoms with van der Waals surface area (Å²) in [6.07, 6.45) is 0. The monoisotopic (exact) mass is 291 g/mol. The second kappa shape index (κ2) is 5.73. The van der Waals surface area contributed by atoms with Gasteiger partial charge in [0.25, 0.3) is 0 Å². The van der Waals surface area contributed by atoms with Gasteiger partial charge >= 0.3 is 0 Å². The van der Waals surface area contributed by atoms with Crippen molar-refractivity contribution in [1.82, 2.24) is 0 Å². The average molecular weight is 291 g/mol. The Bertz CT molecular complexity index is 621. The molecule has 1 aliphatic rings. The largest absolute Gasteiger partial charge is 0.454 e. The highest BCUT2D eigenvalue weighted by Gasteiger charge is 2.16. The van der Waals surface area contributed by atoms with Crippen LogP contribution in [0.4, 0.5) is 4.39 Å². The Kier molecular flexibility index (Phi) is 3.80. The highest BCUT2D eigenvalue weighted by Crippen LogP contribution is 2.34. The summed E-state index contributed by atoms with van der Waals surface area (Å²) in [7, 11) is 0. The molecule has 2 aromatic carbocycles. The van der Waals surface area contributed by atoms with Crippen LogP contribution in [0.1, 0.15) is 11.6 Å². The molecule has 20 heavy (non-hydrogen) atoms. The van der Waals surface area contributed by atoms with Crippen LogP contribution in [0.2, 0.25) is 0 Å². The molecule has 0 radical (unpaired) electrons. The van der Waals surface area contributed by atoms with Gasteiger partial charge in [0.2, 0.25) is 6.79 Å². The second-order valence-electron chi connectivity index (χ2n) is 4.49. The number of nitrogens with two attached hydrogens (primary N) is 1. The third-order valence-electron chi connectivity index (χ3n) is 3.05. The SMILES string of the molecule is NC(CSc1cccc(F)c1)c1ccc2c(c1)OCO2. The Hall–Kier alpha value is -1.72. The van der Waals surface area contributed by atoms with Gasteiger partial charge in [0, 0.05) is 16.7 Å². The molecule has 2 N–H and O–H groups in total. The first-order chi connectivity index (χ1) is 9.72. The van der Waals surface area contributed by atoms with E-state index < -0.39 is 0 Å². The molecule has 1 unspecified atom stereocenters. The first-order valence-corrected chi connectivity index (χ1v) is 7.24. The van der Waals surface area contributed by atoms with Crippen molar-refractivity contribution >= 4 is 11.8 Å². The Morgan fingerprint density at radius 1 is 1.15 bits per heavy atom. The van der Waals surface area contributed by atoms with Crippen molar-refractivity contribution in [3.8, 4) is 11.5 Å². The summed E-state index contributed by atoms with van der Waals surface area (Å²) in [6.45, 7) is 0.256. The van der Waals surface area contributed by atoms with Gasteiger partial charge in [0.15, 0.2) is 11.5 Å². The van der Waals surface area contributed by atoms with Gasteiger partial charge in [-0.3, -0.25) is 0 Å². The van der Waals surface area contributed by atoms with E-state index in [1.54, 1.807) is 6.07 Å². The zero-order chi connectivity index (χ0) is 13.9.